The number of piperidine rings is 1. The molecule has 25 heavy (non-hydrogen) atoms. The van der Waals surface area contributed by atoms with E-state index in [1.807, 2.05) is 18.7 Å². The zero-order chi connectivity index (χ0) is 17.8. The van der Waals surface area contributed by atoms with Crippen LogP contribution in [-0.4, -0.2) is 38.6 Å². The van der Waals surface area contributed by atoms with Crippen LogP contribution in [0.5, 0.6) is 0 Å². The number of rotatable bonds is 5. The van der Waals surface area contributed by atoms with Crippen molar-refractivity contribution in [1.29, 1.82) is 0 Å². The third-order valence-corrected chi connectivity index (χ3v) is 4.56. The molecule has 7 nitrogen and oxygen atoms in total. The Morgan fingerprint density at radius 3 is 2.96 bits per heavy atom. The van der Waals surface area contributed by atoms with E-state index in [0.29, 0.717) is 31.2 Å². The van der Waals surface area contributed by atoms with Gasteiger partial charge in [0.15, 0.2) is 5.82 Å². The van der Waals surface area contributed by atoms with Gasteiger partial charge in [-0.1, -0.05) is 25.1 Å². The summed E-state index contributed by atoms with van der Waals surface area (Å²) in [6.07, 6.45) is 3.91. The highest BCUT2D eigenvalue weighted by Crippen LogP contribution is 2.26. The highest BCUT2D eigenvalue weighted by molar-refractivity contribution is 5.76. The minimum absolute atomic E-state index is 0.0630. The first-order chi connectivity index (χ1) is 12.0. The Bertz CT molecular complexity index is 780. The quantitative estimate of drug-likeness (QED) is 0.830. The first-order valence-corrected chi connectivity index (χ1v) is 8.81. The lowest BCUT2D eigenvalue weighted by molar-refractivity contribution is -0.132. The van der Waals surface area contributed by atoms with E-state index >= 15 is 0 Å². The van der Waals surface area contributed by atoms with Gasteiger partial charge < -0.3 is 14.0 Å². The molecule has 3 heterocycles. The number of pyridine rings is 1. The van der Waals surface area contributed by atoms with Crippen molar-refractivity contribution in [2.75, 3.05) is 13.1 Å². The number of nitrogens with zero attached hydrogens (tertiary/aromatic N) is 4. The fraction of sp³-hybridized carbons (Fsp3) is 0.556. The van der Waals surface area contributed by atoms with Gasteiger partial charge >= 0.3 is 0 Å². The Balaban J connectivity index is 1.59. The van der Waals surface area contributed by atoms with Crippen LogP contribution in [0.2, 0.25) is 0 Å². The van der Waals surface area contributed by atoms with Crippen LogP contribution in [0.25, 0.3) is 0 Å². The summed E-state index contributed by atoms with van der Waals surface area (Å²) in [5, 5.41) is 4.09. The van der Waals surface area contributed by atoms with Gasteiger partial charge in [-0.2, -0.15) is 4.98 Å². The molecule has 1 fully saturated rings. The Labute approximate surface area is 146 Å². The second kappa shape index (κ2) is 7.63. The minimum atomic E-state index is -0.0835. The molecular weight excluding hydrogens is 320 g/mol. The van der Waals surface area contributed by atoms with Crippen LogP contribution in [0.3, 0.4) is 0 Å². The van der Waals surface area contributed by atoms with E-state index in [0.717, 1.165) is 19.4 Å². The SMILES string of the molecule is CC(C)c1nc([C@@H]2CCCN(C(=O)CCn3ccccc3=O)C2)no1. The summed E-state index contributed by atoms with van der Waals surface area (Å²) in [7, 11) is 0. The third kappa shape index (κ3) is 4.15. The molecule has 1 aliphatic heterocycles. The molecule has 0 saturated carbocycles. The maximum atomic E-state index is 12.5. The fourth-order valence-electron chi connectivity index (χ4n) is 3.08. The van der Waals surface area contributed by atoms with Gasteiger partial charge in [0, 0.05) is 50.2 Å². The topological polar surface area (TPSA) is 81.2 Å². The predicted molar refractivity (Wildman–Crippen MR) is 92.3 cm³/mol. The van der Waals surface area contributed by atoms with Crippen molar-refractivity contribution in [3.05, 3.63) is 46.5 Å². The van der Waals surface area contributed by atoms with Crippen LogP contribution in [0.15, 0.2) is 33.7 Å². The molecule has 2 aromatic rings. The number of carbonyl (C=O) groups excluding carboxylic acids is 1. The summed E-state index contributed by atoms with van der Waals surface area (Å²) in [5.41, 5.74) is -0.0835. The number of hydrogen-bond acceptors (Lipinski definition) is 5. The standard InChI is InChI=1S/C18H24N4O3/c1-13(2)18-19-17(20-25-18)14-6-5-10-22(12-14)16(24)8-11-21-9-4-3-7-15(21)23/h3-4,7,9,13-14H,5-6,8,10-12H2,1-2H3/t14-/m1/s1. The molecule has 2 aromatic heterocycles. The molecule has 0 unspecified atom stereocenters. The summed E-state index contributed by atoms with van der Waals surface area (Å²) in [5.74, 6) is 1.72. The van der Waals surface area contributed by atoms with Crippen LogP contribution >= 0.6 is 0 Å². The van der Waals surface area contributed by atoms with Gasteiger partial charge in [-0.15, -0.1) is 0 Å². The second-order valence-electron chi connectivity index (χ2n) is 6.81. The maximum Gasteiger partial charge on any atom is 0.250 e. The van der Waals surface area contributed by atoms with Crippen LogP contribution in [0.1, 0.15) is 56.7 Å². The summed E-state index contributed by atoms with van der Waals surface area (Å²) in [6.45, 7) is 5.78. The first kappa shape index (κ1) is 17.4. The number of carbonyl (C=O) groups is 1. The summed E-state index contributed by atoms with van der Waals surface area (Å²) >= 11 is 0. The van der Waals surface area contributed by atoms with E-state index in [-0.39, 0.29) is 23.3 Å². The molecule has 0 bridgehead atoms. The molecule has 3 rings (SSSR count). The van der Waals surface area contributed by atoms with Crippen molar-refractivity contribution in [2.45, 2.75) is 51.5 Å². The lowest BCUT2D eigenvalue weighted by atomic mass is 9.97. The Hall–Kier alpha value is -2.44. The van der Waals surface area contributed by atoms with Crippen LogP contribution in [0.4, 0.5) is 0 Å². The lowest BCUT2D eigenvalue weighted by Crippen LogP contribution is -2.40. The van der Waals surface area contributed by atoms with Gasteiger partial charge in [-0.25, -0.2) is 0 Å². The molecule has 0 spiro atoms. The monoisotopic (exact) mass is 344 g/mol. The summed E-state index contributed by atoms with van der Waals surface area (Å²) in [6, 6.07) is 5.00. The van der Waals surface area contributed by atoms with Crippen molar-refractivity contribution in [1.82, 2.24) is 19.6 Å². The van der Waals surface area contributed by atoms with Crippen LogP contribution in [-0.2, 0) is 11.3 Å². The molecular formula is C18H24N4O3. The van der Waals surface area contributed by atoms with Gasteiger partial charge in [-0.3, -0.25) is 9.59 Å². The van der Waals surface area contributed by atoms with Crippen molar-refractivity contribution in [3.63, 3.8) is 0 Å². The molecule has 0 aromatic carbocycles. The average Bonchev–Trinajstić information content (AvgIpc) is 3.11. The number of hydrogen-bond donors (Lipinski definition) is 0. The molecule has 1 saturated heterocycles. The van der Waals surface area contributed by atoms with E-state index in [2.05, 4.69) is 10.1 Å². The van der Waals surface area contributed by atoms with Crippen molar-refractivity contribution < 1.29 is 9.32 Å². The highest BCUT2D eigenvalue weighted by atomic mass is 16.5. The molecule has 1 atom stereocenters. The van der Waals surface area contributed by atoms with Crippen LogP contribution in [0, 0.1) is 0 Å². The zero-order valence-electron chi connectivity index (χ0n) is 14.7. The van der Waals surface area contributed by atoms with E-state index < -0.39 is 0 Å². The normalized spacial score (nSPS) is 17.9. The van der Waals surface area contributed by atoms with E-state index in [4.69, 9.17) is 4.52 Å². The Morgan fingerprint density at radius 2 is 2.24 bits per heavy atom. The molecule has 0 aliphatic carbocycles. The average molecular weight is 344 g/mol. The summed E-state index contributed by atoms with van der Waals surface area (Å²) in [4.78, 5) is 30.6. The van der Waals surface area contributed by atoms with Crippen molar-refractivity contribution in [3.8, 4) is 0 Å². The molecule has 134 valence electrons. The van der Waals surface area contributed by atoms with Gasteiger partial charge in [0.25, 0.3) is 5.56 Å². The third-order valence-electron chi connectivity index (χ3n) is 4.56. The number of likely N-dealkylation sites (tertiary alicyclic amines) is 1. The number of amides is 1. The lowest BCUT2D eigenvalue weighted by Gasteiger charge is -2.31. The predicted octanol–water partition coefficient (Wildman–Crippen LogP) is 2.15. The Kier molecular flexibility index (Phi) is 5.31. The smallest absolute Gasteiger partial charge is 0.250 e. The molecule has 1 amide bonds. The van der Waals surface area contributed by atoms with Crippen LogP contribution < -0.4 is 5.56 Å². The second-order valence-corrected chi connectivity index (χ2v) is 6.81. The largest absolute Gasteiger partial charge is 0.342 e. The minimum Gasteiger partial charge on any atom is -0.342 e. The molecule has 0 N–H and O–H groups in total. The Morgan fingerprint density at radius 1 is 1.40 bits per heavy atom. The van der Waals surface area contributed by atoms with Crippen molar-refractivity contribution >= 4 is 5.91 Å². The maximum absolute atomic E-state index is 12.5. The van der Waals surface area contributed by atoms with Crippen molar-refractivity contribution in [2.24, 2.45) is 0 Å². The van der Waals surface area contributed by atoms with Gasteiger partial charge in [0.05, 0.1) is 0 Å². The fourth-order valence-corrected chi connectivity index (χ4v) is 3.08. The van der Waals surface area contributed by atoms with E-state index in [1.165, 1.54) is 6.07 Å². The van der Waals surface area contributed by atoms with E-state index in [9.17, 15) is 9.59 Å². The molecule has 7 heteroatoms. The number of aryl methyl sites for hydroxylation is 1. The van der Waals surface area contributed by atoms with Gasteiger partial charge in [-0.05, 0) is 18.9 Å². The van der Waals surface area contributed by atoms with E-state index in [1.54, 1.807) is 22.9 Å². The first-order valence-electron chi connectivity index (χ1n) is 8.81. The number of aromatic nitrogens is 3. The molecule has 0 radical (unpaired) electrons. The summed E-state index contributed by atoms with van der Waals surface area (Å²) < 4.78 is 6.85. The van der Waals surface area contributed by atoms with Gasteiger partial charge in [0.1, 0.15) is 0 Å². The highest BCUT2D eigenvalue weighted by Gasteiger charge is 2.28. The molecule has 1 aliphatic rings. The van der Waals surface area contributed by atoms with Gasteiger partial charge in [0.2, 0.25) is 11.8 Å². The zero-order valence-corrected chi connectivity index (χ0v) is 14.7.